The molecule has 0 aromatic heterocycles. The van der Waals surface area contributed by atoms with Crippen LogP contribution in [0.2, 0.25) is 0 Å². The zero-order valence-electron chi connectivity index (χ0n) is 25.4. The van der Waals surface area contributed by atoms with Gasteiger partial charge in [-0.2, -0.15) is 0 Å². The van der Waals surface area contributed by atoms with Crippen LogP contribution in [0.15, 0.2) is 0 Å². The molecule has 0 aliphatic carbocycles. The molecule has 0 aliphatic rings. The van der Waals surface area contributed by atoms with E-state index >= 15 is 0 Å². The van der Waals surface area contributed by atoms with E-state index in [1.165, 1.54) is 154 Å². The fourth-order valence-electron chi connectivity index (χ4n) is 5.16. The van der Waals surface area contributed by atoms with Crippen LogP contribution in [0.3, 0.4) is 0 Å². The van der Waals surface area contributed by atoms with Crippen LogP contribution >= 0.6 is 0 Å². The zero-order valence-corrected chi connectivity index (χ0v) is 25.4. The van der Waals surface area contributed by atoms with E-state index in [9.17, 15) is 9.59 Å². The molecule has 0 radical (unpaired) electrons. The molecule has 0 heterocycles. The van der Waals surface area contributed by atoms with Crippen molar-refractivity contribution in [1.82, 2.24) is 0 Å². The average Bonchev–Trinajstić information content (AvgIpc) is 2.89. The van der Waals surface area contributed by atoms with Gasteiger partial charge in [0.25, 0.3) is 0 Å². The molecule has 0 rings (SSSR count). The van der Waals surface area contributed by atoms with Gasteiger partial charge in [-0.3, -0.25) is 9.59 Å². The first-order valence-electron chi connectivity index (χ1n) is 16.9. The first-order chi connectivity index (χ1) is 18.2. The van der Waals surface area contributed by atoms with E-state index in [0.717, 1.165) is 25.7 Å². The summed E-state index contributed by atoms with van der Waals surface area (Å²) in [5.41, 5.74) is 0. The fraction of sp³-hybridized carbons (Fsp3) is 0.941. The Bertz CT molecular complexity index is 480. The molecule has 0 spiro atoms. The van der Waals surface area contributed by atoms with Gasteiger partial charge in [-0.25, -0.2) is 0 Å². The quantitative estimate of drug-likeness (QED) is 0.0389. The van der Waals surface area contributed by atoms with E-state index in [1.54, 1.807) is 0 Å². The Labute approximate surface area is 261 Å². The summed E-state index contributed by atoms with van der Waals surface area (Å²) in [6.45, 7) is 4.55. The predicted molar refractivity (Wildman–Crippen MR) is 168 cm³/mol. The number of hydrogen-bond donors (Lipinski definition) is 0. The first kappa shape index (κ1) is 40.3. The summed E-state index contributed by atoms with van der Waals surface area (Å²) in [4.78, 5) is 23.8. The van der Waals surface area contributed by atoms with E-state index in [2.05, 4.69) is 13.8 Å². The molecule has 0 aromatic rings. The summed E-state index contributed by atoms with van der Waals surface area (Å²) < 4.78 is 5.00. The summed E-state index contributed by atoms with van der Waals surface area (Å²) in [5, 5.41) is 0. The van der Waals surface area contributed by atoms with Crippen LogP contribution in [0.5, 0.6) is 0 Å². The molecule has 0 aliphatic heterocycles. The standard InChI is InChI=1S/C34H66O3.Na.H/c1-3-5-7-9-11-13-15-17-18-20-22-24-26-28-30-32-34(36)37-33(35)31-29-27-25-23-21-19-16-14-12-10-8-6-4-2;;/h3-32H2,1-2H3;;. The second kappa shape index (κ2) is 35.2. The van der Waals surface area contributed by atoms with Crippen molar-refractivity contribution >= 4 is 41.5 Å². The van der Waals surface area contributed by atoms with Crippen LogP contribution in [-0.2, 0) is 14.3 Å². The van der Waals surface area contributed by atoms with Crippen LogP contribution < -0.4 is 0 Å². The van der Waals surface area contributed by atoms with Crippen LogP contribution in [0.25, 0.3) is 0 Å². The molecule has 0 N–H and O–H groups in total. The predicted octanol–water partition coefficient (Wildman–Crippen LogP) is 11.2. The SMILES string of the molecule is CCCCCCCCCCCCCCCCCC(=O)OC(=O)CCCCCCCCCCCCCCC.[NaH]. The van der Waals surface area contributed by atoms with Crippen LogP contribution in [-0.4, -0.2) is 41.5 Å². The molecule has 0 bridgehead atoms. The minimum absolute atomic E-state index is 0. The molecule has 222 valence electrons. The molecule has 38 heavy (non-hydrogen) atoms. The van der Waals surface area contributed by atoms with Gasteiger partial charge in [0.2, 0.25) is 0 Å². The van der Waals surface area contributed by atoms with Gasteiger partial charge in [0.05, 0.1) is 0 Å². The maximum atomic E-state index is 11.9. The number of esters is 2. The van der Waals surface area contributed by atoms with E-state index in [-0.39, 0.29) is 41.5 Å². The third kappa shape index (κ3) is 34.2. The number of unbranched alkanes of at least 4 members (excludes halogenated alkanes) is 26. The minimum atomic E-state index is -0.325. The van der Waals surface area contributed by atoms with Gasteiger partial charge in [-0.05, 0) is 12.8 Å². The van der Waals surface area contributed by atoms with Crippen LogP contribution in [0.1, 0.15) is 206 Å². The summed E-state index contributed by atoms with van der Waals surface area (Å²) >= 11 is 0. The Morgan fingerprint density at radius 1 is 0.342 bits per heavy atom. The molecule has 0 unspecified atom stereocenters. The van der Waals surface area contributed by atoms with Crippen LogP contribution in [0, 0.1) is 0 Å². The summed E-state index contributed by atoms with van der Waals surface area (Å²) in [6, 6.07) is 0. The van der Waals surface area contributed by atoms with E-state index in [4.69, 9.17) is 4.74 Å². The first-order valence-corrected chi connectivity index (χ1v) is 16.9. The Hall–Kier alpha value is 0.140. The van der Waals surface area contributed by atoms with Crippen molar-refractivity contribution < 1.29 is 14.3 Å². The average molecular weight is 547 g/mol. The van der Waals surface area contributed by atoms with Gasteiger partial charge in [0.15, 0.2) is 0 Å². The van der Waals surface area contributed by atoms with E-state index in [0.29, 0.717) is 12.8 Å². The number of carbonyl (C=O) groups excluding carboxylic acids is 2. The molecule has 0 fully saturated rings. The van der Waals surface area contributed by atoms with Gasteiger partial charge in [0.1, 0.15) is 0 Å². The number of rotatable bonds is 30. The normalized spacial score (nSPS) is 10.9. The fourth-order valence-corrected chi connectivity index (χ4v) is 5.16. The number of ether oxygens (including phenoxy) is 1. The third-order valence-corrected chi connectivity index (χ3v) is 7.70. The van der Waals surface area contributed by atoms with Crippen molar-refractivity contribution in [3.05, 3.63) is 0 Å². The number of carbonyl (C=O) groups is 2. The molecule has 0 amide bonds. The Morgan fingerprint density at radius 3 is 0.737 bits per heavy atom. The topological polar surface area (TPSA) is 43.4 Å². The van der Waals surface area contributed by atoms with Crippen LogP contribution in [0.4, 0.5) is 0 Å². The van der Waals surface area contributed by atoms with Crippen molar-refractivity contribution in [1.29, 1.82) is 0 Å². The Balaban J connectivity index is 0. The van der Waals surface area contributed by atoms with Gasteiger partial charge in [0, 0.05) is 12.8 Å². The monoisotopic (exact) mass is 546 g/mol. The molecule has 3 nitrogen and oxygen atoms in total. The molecule has 0 aromatic carbocycles. The van der Waals surface area contributed by atoms with E-state index in [1.807, 2.05) is 0 Å². The second-order valence-corrected chi connectivity index (χ2v) is 11.5. The molecular formula is C34H67NaO3. The number of hydrogen-bond acceptors (Lipinski definition) is 3. The van der Waals surface area contributed by atoms with Gasteiger partial charge in [-0.15, -0.1) is 0 Å². The zero-order chi connectivity index (χ0) is 27.1. The van der Waals surface area contributed by atoms with Crippen molar-refractivity contribution in [2.24, 2.45) is 0 Å². The van der Waals surface area contributed by atoms with Crippen molar-refractivity contribution in [2.75, 3.05) is 0 Å². The molecule has 0 saturated carbocycles. The Morgan fingerprint density at radius 2 is 0.526 bits per heavy atom. The summed E-state index contributed by atoms with van der Waals surface area (Å²) in [5.74, 6) is -0.650. The van der Waals surface area contributed by atoms with Gasteiger partial charge in [-0.1, -0.05) is 181 Å². The van der Waals surface area contributed by atoms with Gasteiger partial charge >= 0.3 is 41.5 Å². The molecule has 0 saturated heterocycles. The summed E-state index contributed by atoms with van der Waals surface area (Å²) in [6.07, 6.45) is 37.2. The summed E-state index contributed by atoms with van der Waals surface area (Å²) in [7, 11) is 0. The maximum absolute atomic E-state index is 11.9. The van der Waals surface area contributed by atoms with E-state index < -0.39 is 0 Å². The van der Waals surface area contributed by atoms with Crippen molar-refractivity contribution in [2.45, 2.75) is 206 Å². The molecular weight excluding hydrogens is 479 g/mol. The third-order valence-electron chi connectivity index (χ3n) is 7.70. The second-order valence-electron chi connectivity index (χ2n) is 11.5. The molecule has 0 atom stereocenters. The van der Waals surface area contributed by atoms with Crippen molar-refractivity contribution in [3.63, 3.8) is 0 Å². The van der Waals surface area contributed by atoms with Crippen molar-refractivity contribution in [3.8, 4) is 0 Å². The molecule has 4 heteroatoms. The van der Waals surface area contributed by atoms with Gasteiger partial charge < -0.3 is 4.74 Å². The Kier molecular flexibility index (Phi) is 37.3.